The molecule has 0 spiro atoms. The van der Waals surface area contributed by atoms with E-state index in [4.69, 9.17) is 9.47 Å². The lowest BCUT2D eigenvalue weighted by Gasteiger charge is -2.18. The van der Waals surface area contributed by atoms with Gasteiger partial charge in [-0.25, -0.2) is 13.2 Å². The molecule has 1 amide bonds. The molecule has 0 aromatic heterocycles. The number of benzene rings is 2. The first-order chi connectivity index (χ1) is 13.7. The second-order valence-corrected chi connectivity index (χ2v) is 7.91. The van der Waals surface area contributed by atoms with Crippen LogP contribution >= 0.6 is 0 Å². The fourth-order valence-electron chi connectivity index (χ4n) is 2.51. The Balaban J connectivity index is 2.18. The quantitative estimate of drug-likeness (QED) is 0.645. The van der Waals surface area contributed by atoms with E-state index in [1.165, 1.54) is 58.7 Å². The Hall–Kier alpha value is -3.11. The van der Waals surface area contributed by atoms with Crippen LogP contribution in [0.3, 0.4) is 0 Å². The Labute approximate surface area is 169 Å². The highest BCUT2D eigenvalue weighted by atomic mass is 32.2. The summed E-state index contributed by atoms with van der Waals surface area (Å²) >= 11 is 0. The van der Waals surface area contributed by atoms with Crippen LogP contribution in [0.2, 0.25) is 0 Å². The molecule has 0 aliphatic heterocycles. The Kier molecular flexibility index (Phi) is 7.18. The lowest BCUT2D eigenvalue weighted by atomic mass is 10.2. The molecule has 0 fully saturated rings. The molecule has 156 valence electrons. The minimum absolute atomic E-state index is 0.0552. The molecular formula is C19H22N2O7S. The van der Waals surface area contributed by atoms with Crippen molar-refractivity contribution in [3.8, 4) is 11.5 Å². The fraction of sp³-hybridized carbons (Fsp3) is 0.263. The van der Waals surface area contributed by atoms with E-state index in [9.17, 15) is 18.0 Å². The van der Waals surface area contributed by atoms with Crippen LogP contribution in [-0.2, 0) is 19.6 Å². The number of sulfonamides is 1. The number of carbonyl (C=O) groups excluding carboxylic acids is 2. The second-order valence-electron chi connectivity index (χ2n) is 5.86. The molecule has 0 aliphatic rings. The third-order valence-corrected chi connectivity index (χ3v) is 5.84. The van der Waals surface area contributed by atoms with Gasteiger partial charge in [-0.15, -0.1) is 0 Å². The predicted molar refractivity (Wildman–Crippen MR) is 106 cm³/mol. The standard InChI is InChI=1S/C19H22N2O7S/c1-21(29(24,25)13-9-10-16(26-2)17(11-13)27-3)12-18(22)20-15-8-6-5-7-14(15)19(23)28-4/h5-11H,12H2,1-4H3,(H,20,22). The van der Waals surface area contributed by atoms with Gasteiger partial charge in [-0.1, -0.05) is 12.1 Å². The first-order valence-electron chi connectivity index (χ1n) is 8.40. The number of likely N-dealkylation sites (N-methyl/N-ethyl adjacent to an activating group) is 1. The van der Waals surface area contributed by atoms with Gasteiger partial charge in [0.15, 0.2) is 11.5 Å². The van der Waals surface area contributed by atoms with Crippen molar-refractivity contribution in [1.29, 1.82) is 0 Å². The smallest absolute Gasteiger partial charge is 0.339 e. The van der Waals surface area contributed by atoms with E-state index in [0.29, 0.717) is 5.75 Å². The highest BCUT2D eigenvalue weighted by Gasteiger charge is 2.25. The summed E-state index contributed by atoms with van der Waals surface area (Å²) in [6.45, 7) is -0.466. The van der Waals surface area contributed by atoms with Crippen LogP contribution in [0, 0.1) is 0 Å². The number of esters is 1. The third kappa shape index (κ3) is 5.04. The molecule has 0 bridgehead atoms. The fourth-order valence-corrected chi connectivity index (χ4v) is 3.66. The monoisotopic (exact) mass is 422 g/mol. The summed E-state index contributed by atoms with van der Waals surface area (Å²) in [7, 11) is 1.36. The normalized spacial score (nSPS) is 11.1. The van der Waals surface area contributed by atoms with Crippen LogP contribution in [0.1, 0.15) is 10.4 Å². The molecule has 2 rings (SSSR count). The molecule has 9 nitrogen and oxygen atoms in total. The average Bonchev–Trinajstić information content (AvgIpc) is 2.72. The molecule has 0 aliphatic carbocycles. The van der Waals surface area contributed by atoms with E-state index in [0.717, 1.165) is 4.31 Å². The summed E-state index contributed by atoms with van der Waals surface area (Å²) in [6.07, 6.45) is 0. The number of carbonyl (C=O) groups is 2. The molecule has 29 heavy (non-hydrogen) atoms. The number of para-hydroxylation sites is 1. The lowest BCUT2D eigenvalue weighted by Crippen LogP contribution is -2.35. The minimum Gasteiger partial charge on any atom is -0.493 e. The summed E-state index contributed by atoms with van der Waals surface area (Å²) in [5, 5.41) is 2.53. The van der Waals surface area contributed by atoms with Crippen LogP contribution in [0.25, 0.3) is 0 Å². The highest BCUT2D eigenvalue weighted by molar-refractivity contribution is 7.89. The average molecular weight is 422 g/mol. The van der Waals surface area contributed by atoms with Crippen molar-refractivity contribution in [3.63, 3.8) is 0 Å². The number of anilines is 1. The summed E-state index contributed by atoms with van der Waals surface area (Å²) in [5.41, 5.74) is 0.384. The SMILES string of the molecule is COC(=O)c1ccccc1NC(=O)CN(C)S(=O)(=O)c1ccc(OC)c(OC)c1. The van der Waals surface area contributed by atoms with E-state index in [2.05, 4.69) is 10.1 Å². The first-order valence-corrected chi connectivity index (χ1v) is 9.84. The van der Waals surface area contributed by atoms with Gasteiger partial charge >= 0.3 is 5.97 Å². The van der Waals surface area contributed by atoms with Crippen molar-refractivity contribution < 1.29 is 32.2 Å². The number of hydrogen-bond donors (Lipinski definition) is 1. The zero-order chi connectivity index (χ0) is 21.6. The Morgan fingerprint density at radius 2 is 1.66 bits per heavy atom. The van der Waals surface area contributed by atoms with Crippen LogP contribution < -0.4 is 14.8 Å². The number of nitrogens with one attached hydrogen (secondary N) is 1. The molecule has 0 saturated carbocycles. The van der Waals surface area contributed by atoms with Gasteiger partial charge in [0, 0.05) is 13.1 Å². The Morgan fingerprint density at radius 1 is 1.00 bits per heavy atom. The summed E-state index contributed by atoms with van der Waals surface area (Å²) in [5.74, 6) is -0.607. The third-order valence-electron chi connectivity index (χ3n) is 4.04. The number of nitrogens with zero attached hydrogens (tertiary/aromatic N) is 1. The summed E-state index contributed by atoms with van der Waals surface area (Å²) < 4.78 is 41.4. The van der Waals surface area contributed by atoms with E-state index < -0.39 is 28.4 Å². The van der Waals surface area contributed by atoms with Crippen LogP contribution in [-0.4, -0.2) is 59.5 Å². The number of methoxy groups -OCH3 is 3. The van der Waals surface area contributed by atoms with Crippen LogP contribution in [0.4, 0.5) is 5.69 Å². The van der Waals surface area contributed by atoms with Crippen LogP contribution in [0.15, 0.2) is 47.4 Å². The predicted octanol–water partition coefficient (Wildman–Crippen LogP) is 1.75. The largest absolute Gasteiger partial charge is 0.493 e. The van der Waals surface area contributed by atoms with Crippen molar-refractivity contribution in [2.45, 2.75) is 4.90 Å². The highest BCUT2D eigenvalue weighted by Crippen LogP contribution is 2.30. The minimum atomic E-state index is -3.97. The van der Waals surface area contributed by atoms with Crippen LogP contribution in [0.5, 0.6) is 11.5 Å². The first kappa shape index (κ1) is 22.2. The molecule has 0 radical (unpaired) electrons. The number of rotatable bonds is 8. The maximum absolute atomic E-state index is 12.8. The Bertz CT molecular complexity index is 1010. The second kappa shape index (κ2) is 9.39. The molecule has 2 aromatic rings. The number of hydrogen-bond acceptors (Lipinski definition) is 7. The number of amides is 1. The van der Waals surface area contributed by atoms with E-state index in [1.54, 1.807) is 12.1 Å². The topological polar surface area (TPSA) is 111 Å². The molecular weight excluding hydrogens is 400 g/mol. The van der Waals surface area contributed by atoms with Gasteiger partial charge in [0.05, 0.1) is 44.0 Å². The van der Waals surface area contributed by atoms with Gasteiger partial charge in [-0.2, -0.15) is 4.31 Å². The molecule has 0 heterocycles. The Morgan fingerprint density at radius 3 is 2.28 bits per heavy atom. The van der Waals surface area contributed by atoms with Crippen molar-refractivity contribution in [3.05, 3.63) is 48.0 Å². The molecule has 0 atom stereocenters. The van der Waals surface area contributed by atoms with E-state index in [-0.39, 0.29) is 21.9 Å². The molecule has 0 unspecified atom stereocenters. The molecule has 10 heteroatoms. The van der Waals surface area contributed by atoms with Gasteiger partial charge in [0.2, 0.25) is 15.9 Å². The zero-order valence-corrected chi connectivity index (χ0v) is 17.3. The van der Waals surface area contributed by atoms with Gasteiger partial charge in [-0.3, -0.25) is 4.79 Å². The maximum atomic E-state index is 12.8. The molecule has 1 N–H and O–H groups in total. The maximum Gasteiger partial charge on any atom is 0.339 e. The lowest BCUT2D eigenvalue weighted by molar-refractivity contribution is -0.116. The molecule has 0 saturated heterocycles. The van der Waals surface area contributed by atoms with Gasteiger partial charge in [-0.05, 0) is 24.3 Å². The van der Waals surface area contributed by atoms with Crippen molar-refractivity contribution in [2.24, 2.45) is 0 Å². The van der Waals surface area contributed by atoms with E-state index in [1.807, 2.05) is 0 Å². The van der Waals surface area contributed by atoms with Gasteiger partial charge in [0.25, 0.3) is 0 Å². The summed E-state index contributed by atoms with van der Waals surface area (Å²) in [6, 6.07) is 10.4. The van der Waals surface area contributed by atoms with Crippen molar-refractivity contribution >= 4 is 27.6 Å². The summed E-state index contributed by atoms with van der Waals surface area (Å²) in [4.78, 5) is 24.1. The van der Waals surface area contributed by atoms with Gasteiger partial charge < -0.3 is 19.5 Å². The van der Waals surface area contributed by atoms with Crippen molar-refractivity contribution in [1.82, 2.24) is 4.31 Å². The molecule has 2 aromatic carbocycles. The number of ether oxygens (including phenoxy) is 3. The van der Waals surface area contributed by atoms with Gasteiger partial charge in [0.1, 0.15) is 0 Å². The zero-order valence-electron chi connectivity index (χ0n) is 16.5. The van der Waals surface area contributed by atoms with E-state index >= 15 is 0 Å². The van der Waals surface area contributed by atoms with Crippen molar-refractivity contribution in [2.75, 3.05) is 40.2 Å².